The highest BCUT2D eigenvalue weighted by molar-refractivity contribution is 5.23. The molecule has 2 unspecified atom stereocenters. The van der Waals surface area contributed by atoms with Gasteiger partial charge in [0.05, 0.1) is 0 Å². The average Bonchev–Trinajstić information content (AvgIpc) is 1.57. The lowest BCUT2D eigenvalue weighted by molar-refractivity contribution is 0.0470. The molecule has 44 valence electrons. The minimum absolute atomic E-state index is 0.199. The van der Waals surface area contributed by atoms with E-state index >= 15 is 0 Å². The Labute approximate surface area is 54.4 Å². The molecule has 0 aromatic carbocycles. The van der Waals surface area contributed by atoms with Gasteiger partial charge in [0.15, 0.2) is 0 Å². The van der Waals surface area contributed by atoms with Crippen molar-refractivity contribution in [3.05, 3.63) is 0 Å². The Kier molecular flexibility index (Phi) is 0.979. The molecule has 9 heavy (non-hydrogen) atoms. The zero-order valence-corrected chi connectivity index (χ0v) is 4.98. The van der Waals surface area contributed by atoms with E-state index in [0.29, 0.717) is 0 Å². The Hall–Kier alpha value is -0.920. The van der Waals surface area contributed by atoms with Crippen LogP contribution in [0.3, 0.4) is 0 Å². The van der Waals surface area contributed by atoms with Crippen LogP contribution in [-0.2, 0) is 4.74 Å². The Morgan fingerprint density at radius 1 is 1.00 bits per heavy atom. The highest BCUT2D eigenvalue weighted by Crippen LogP contribution is 2.12. The van der Waals surface area contributed by atoms with Gasteiger partial charge in [-0.2, -0.15) is 0 Å². The van der Waals surface area contributed by atoms with Crippen molar-refractivity contribution in [1.82, 2.24) is 0 Å². The maximum atomic E-state index is 5.38. The van der Waals surface area contributed by atoms with E-state index in [-0.39, 0.29) is 12.2 Å². The highest BCUT2D eigenvalue weighted by atomic mass is 16.5. The first-order valence-corrected chi connectivity index (χ1v) is 3.07. The van der Waals surface area contributed by atoms with Crippen molar-refractivity contribution < 1.29 is 4.74 Å². The number of rotatable bonds is 2. The van der Waals surface area contributed by atoms with Crippen LogP contribution in [0.15, 0.2) is 0 Å². The standard InChI is InChI=1S/C8H6O/c1-3-7(4-1)9-8-5-2-6-8/h7-8H,3,5H2. The predicted molar refractivity (Wildman–Crippen MR) is 33.4 cm³/mol. The van der Waals surface area contributed by atoms with E-state index in [4.69, 9.17) is 4.74 Å². The fraction of sp³-hybridized carbons (Fsp3) is 0.500. The van der Waals surface area contributed by atoms with Crippen molar-refractivity contribution in [1.29, 1.82) is 0 Å². The summed E-state index contributed by atoms with van der Waals surface area (Å²) in [4.78, 5) is 0. The van der Waals surface area contributed by atoms with Crippen molar-refractivity contribution in [2.24, 2.45) is 0 Å². The topological polar surface area (TPSA) is 9.23 Å². The third-order valence-electron chi connectivity index (χ3n) is 1.43. The molecule has 0 heterocycles. The van der Waals surface area contributed by atoms with Gasteiger partial charge in [-0.05, 0) is 0 Å². The lowest BCUT2D eigenvalue weighted by Crippen LogP contribution is -2.25. The van der Waals surface area contributed by atoms with Gasteiger partial charge in [-0.15, -0.1) is 0 Å². The SMILES string of the molecule is C1#CC(OC2C#CC2)C1. The highest BCUT2D eigenvalue weighted by Gasteiger charge is 2.17. The van der Waals surface area contributed by atoms with Gasteiger partial charge in [-0.3, -0.25) is 0 Å². The molecule has 2 rings (SSSR count). The molecule has 0 aliphatic heterocycles. The Morgan fingerprint density at radius 3 is 1.67 bits per heavy atom. The second-order valence-electron chi connectivity index (χ2n) is 2.16. The van der Waals surface area contributed by atoms with Crippen LogP contribution in [0.4, 0.5) is 0 Å². The van der Waals surface area contributed by atoms with E-state index in [1.54, 1.807) is 0 Å². The number of ether oxygens (including phenoxy) is 1. The summed E-state index contributed by atoms with van der Waals surface area (Å²) in [6.07, 6.45) is 2.20. The molecule has 2 aliphatic rings. The summed E-state index contributed by atoms with van der Waals surface area (Å²) in [5.74, 6) is 11.6. The van der Waals surface area contributed by atoms with Gasteiger partial charge in [0.2, 0.25) is 0 Å². The van der Waals surface area contributed by atoms with Crippen molar-refractivity contribution in [2.45, 2.75) is 25.0 Å². The van der Waals surface area contributed by atoms with Crippen LogP contribution in [0.25, 0.3) is 0 Å². The maximum Gasteiger partial charge on any atom is 0.130 e. The second kappa shape index (κ2) is 1.79. The molecule has 0 saturated heterocycles. The molecule has 0 amide bonds. The maximum absolute atomic E-state index is 5.38. The van der Waals surface area contributed by atoms with Crippen LogP contribution >= 0.6 is 0 Å². The Bertz CT molecular complexity index is 207. The Balaban J connectivity index is 1.82. The minimum Gasteiger partial charge on any atom is -0.348 e. The zero-order valence-electron chi connectivity index (χ0n) is 4.98. The van der Waals surface area contributed by atoms with Crippen molar-refractivity contribution >= 4 is 0 Å². The van der Waals surface area contributed by atoms with E-state index < -0.39 is 0 Å². The zero-order chi connectivity index (χ0) is 6.10. The average molecular weight is 118 g/mol. The predicted octanol–water partition coefficient (Wildman–Crippen LogP) is 0.554. The summed E-state index contributed by atoms with van der Waals surface area (Å²) in [6, 6.07) is 0. The first kappa shape index (κ1) is 4.91. The normalized spacial score (nSPS) is 34.2. The first-order valence-electron chi connectivity index (χ1n) is 3.07. The molecule has 0 spiro atoms. The van der Waals surface area contributed by atoms with Crippen molar-refractivity contribution in [2.75, 3.05) is 0 Å². The molecule has 1 heteroatoms. The van der Waals surface area contributed by atoms with Gasteiger partial charge in [-0.25, -0.2) is 0 Å². The molecule has 0 bridgehead atoms. The molecule has 0 N–H and O–H groups in total. The van der Waals surface area contributed by atoms with Gasteiger partial charge in [0, 0.05) is 12.8 Å². The number of hydrogen-bond acceptors (Lipinski definition) is 1. The molecule has 0 fully saturated rings. The van der Waals surface area contributed by atoms with Gasteiger partial charge >= 0.3 is 0 Å². The van der Waals surface area contributed by atoms with Crippen LogP contribution in [0.2, 0.25) is 0 Å². The number of hydrogen-bond donors (Lipinski definition) is 0. The summed E-state index contributed by atoms with van der Waals surface area (Å²) in [7, 11) is 0. The van der Waals surface area contributed by atoms with E-state index in [1.165, 1.54) is 0 Å². The fourth-order valence-corrected chi connectivity index (χ4v) is 0.733. The lowest BCUT2D eigenvalue weighted by Gasteiger charge is -2.20. The van der Waals surface area contributed by atoms with Gasteiger partial charge in [0.1, 0.15) is 12.2 Å². The fourth-order valence-electron chi connectivity index (χ4n) is 0.733. The quantitative estimate of drug-likeness (QED) is 0.481. The van der Waals surface area contributed by atoms with E-state index in [0.717, 1.165) is 12.8 Å². The monoisotopic (exact) mass is 118 g/mol. The minimum atomic E-state index is 0.199. The second-order valence-corrected chi connectivity index (χ2v) is 2.16. The van der Waals surface area contributed by atoms with Gasteiger partial charge in [0.25, 0.3) is 0 Å². The van der Waals surface area contributed by atoms with Crippen LogP contribution in [0.5, 0.6) is 0 Å². The molecule has 2 aliphatic carbocycles. The molecule has 2 atom stereocenters. The van der Waals surface area contributed by atoms with E-state index in [9.17, 15) is 0 Å². The van der Waals surface area contributed by atoms with Crippen LogP contribution in [0, 0.1) is 23.7 Å². The first-order chi connectivity index (χ1) is 4.45. The molecule has 1 nitrogen and oxygen atoms in total. The van der Waals surface area contributed by atoms with Gasteiger partial charge < -0.3 is 4.74 Å². The molecule has 0 saturated carbocycles. The van der Waals surface area contributed by atoms with Gasteiger partial charge in [-0.1, -0.05) is 23.7 Å². The summed E-state index contributed by atoms with van der Waals surface area (Å²) >= 11 is 0. The molecular weight excluding hydrogens is 112 g/mol. The smallest absolute Gasteiger partial charge is 0.130 e. The molecule has 0 aromatic rings. The van der Waals surface area contributed by atoms with E-state index in [1.807, 2.05) is 0 Å². The summed E-state index contributed by atoms with van der Waals surface area (Å²) in [5, 5.41) is 0. The van der Waals surface area contributed by atoms with Crippen LogP contribution < -0.4 is 0 Å². The van der Waals surface area contributed by atoms with Crippen LogP contribution in [-0.4, -0.2) is 12.2 Å². The molecule has 0 radical (unpaired) electrons. The molecular formula is C8H6O. The summed E-state index contributed by atoms with van der Waals surface area (Å²) < 4.78 is 5.38. The van der Waals surface area contributed by atoms with Crippen molar-refractivity contribution in [3.63, 3.8) is 0 Å². The van der Waals surface area contributed by atoms with E-state index in [2.05, 4.69) is 23.7 Å². The Morgan fingerprint density at radius 2 is 1.44 bits per heavy atom. The largest absolute Gasteiger partial charge is 0.348 e. The molecule has 0 aromatic heterocycles. The third-order valence-corrected chi connectivity index (χ3v) is 1.43. The summed E-state index contributed by atoms with van der Waals surface area (Å²) in [6.45, 7) is 0. The third kappa shape index (κ3) is 0.803. The lowest BCUT2D eigenvalue weighted by atomic mass is 10.1. The summed E-state index contributed by atoms with van der Waals surface area (Å²) in [5.41, 5.74) is 0. The van der Waals surface area contributed by atoms with Crippen molar-refractivity contribution in [3.8, 4) is 23.7 Å². The van der Waals surface area contributed by atoms with Crippen LogP contribution in [0.1, 0.15) is 12.8 Å².